The van der Waals surface area contributed by atoms with Crippen molar-refractivity contribution in [1.82, 2.24) is 0 Å². The minimum Gasteiger partial charge on any atom is -0.437 e. The zero-order chi connectivity index (χ0) is 34.4. The molecule has 2 aromatic carbocycles. The summed E-state index contributed by atoms with van der Waals surface area (Å²) < 4.78 is 19.1. The van der Waals surface area contributed by atoms with Gasteiger partial charge in [0, 0.05) is 16.7 Å². The van der Waals surface area contributed by atoms with Gasteiger partial charge in [-0.25, -0.2) is 9.59 Å². The predicted octanol–water partition coefficient (Wildman–Crippen LogP) is 6.73. The molecular weight excluding hydrogens is 570 g/mol. The Hall–Kier alpha value is -4.66. The Morgan fingerprint density at radius 3 is 1.66 bits per heavy atom. The Bertz CT molecular complexity index is 1460. The van der Waals surface area contributed by atoms with Crippen LogP contribution in [0.25, 0.3) is 0 Å². The minimum absolute atomic E-state index is 0.0515. The first-order valence-electron chi connectivity index (χ1n) is 13.6. The molecule has 12 nitrogen and oxygen atoms in total. The second-order valence-electron chi connectivity index (χ2n) is 13.2. The zero-order valence-electron chi connectivity index (χ0n) is 27.5. The number of methoxy groups -OCH3 is 2. The molecule has 0 aliphatic rings. The van der Waals surface area contributed by atoms with Crippen molar-refractivity contribution in [2.24, 2.45) is 5.73 Å². The van der Waals surface area contributed by atoms with Crippen molar-refractivity contribution in [2.75, 3.05) is 14.2 Å². The smallest absolute Gasteiger partial charge is 0.437 e. The number of ether oxygens (including phenoxy) is 4. The van der Waals surface area contributed by atoms with Gasteiger partial charge >= 0.3 is 12.3 Å². The summed E-state index contributed by atoms with van der Waals surface area (Å²) in [7, 11) is 2.36. The van der Waals surface area contributed by atoms with E-state index in [0.29, 0.717) is 16.9 Å². The van der Waals surface area contributed by atoms with E-state index in [0.717, 1.165) is 18.7 Å². The van der Waals surface area contributed by atoms with E-state index in [2.05, 4.69) is 36.3 Å². The van der Waals surface area contributed by atoms with Crippen molar-refractivity contribution in [3.8, 4) is 17.6 Å². The number of carbonyl (C=O) groups is 3. The molecule has 0 radical (unpaired) electrons. The fourth-order valence-electron chi connectivity index (χ4n) is 3.92. The van der Waals surface area contributed by atoms with E-state index < -0.39 is 39.4 Å². The lowest BCUT2D eigenvalue weighted by Gasteiger charge is -2.27. The van der Waals surface area contributed by atoms with Gasteiger partial charge in [0.1, 0.15) is 11.5 Å². The third kappa shape index (κ3) is 9.17. The number of nitriles is 1. The van der Waals surface area contributed by atoms with E-state index in [1.807, 2.05) is 12.1 Å². The highest BCUT2D eigenvalue weighted by molar-refractivity contribution is 5.87. The summed E-state index contributed by atoms with van der Waals surface area (Å²) in [6, 6.07) is 10.4. The zero-order valence-corrected chi connectivity index (χ0v) is 27.5. The van der Waals surface area contributed by atoms with E-state index in [-0.39, 0.29) is 22.4 Å². The van der Waals surface area contributed by atoms with Gasteiger partial charge in [-0.3, -0.25) is 14.9 Å². The maximum Gasteiger partial charge on any atom is 0.513 e. The lowest BCUT2D eigenvalue weighted by Crippen LogP contribution is -2.36. The quantitative estimate of drug-likeness (QED) is 0.159. The molecule has 2 aromatic rings. The van der Waals surface area contributed by atoms with Gasteiger partial charge in [0.25, 0.3) is 5.69 Å². The van der Waals surface area contributed by atoms with Crippen molar-refractivity contribution in [3.05, 3.63) is 62.7 Å². The van der Waals surface area contributed by atoms with E-state index in [1.165, 1.54) is 13.2 Å². The van der Waals surface area contributed by atoms with Crippen LogP contribution in [0, 0.1) is 21.4 Å². The molecule has 0 aliphatic heterocycles. The number of amides is 1. The number of nitro benzene ring substituents is 1. The molecule has 0 saturated heterocycles. The molecule has 0 spiro atoms. The van der Waals surface area contributed by atoms with Gasteiger partial charge < -0.3 is 24.7 Å². The Labute approximate surface area is 258 Å². The highest BCUT2D eigenvalue weighted by atomic mass is 16.7. The highest BCUT2D eigenvalue weighted by Crippen LogP contribution is 2.41. The molecular formula is C32H43N3O9. The second kappa shape index (κ2) is 13.8. The molecule has 0 aliphatic carbocycles. The molecule has 2 rings (SSSR count). The average Bonchev–Trinajstić information content (AvgIpc) is 2.91. The van der Waals surface area contributed by atoms with Gasteiger partial charge in [0.2, 0.25) is 5.91 Å². The van der Waals surface area contributed by atoms with Crippen molar-refractivity contribution in [1.29, 1.82) is 5.26 Å². The van der Waals surface area contributed by atoms with Crippen molar-refractivity contribution >= 4 is 23.9 Å². The first kappa shape index (κ1) is 37.4. The summed E-state index contributed by atoms with van der Waals surface area (Å²) in [4.78, 5) is 45.4. The summed E-state index contributed by atoms with van der Waals surface area (Å²) in [6.45, 7) is 18.4. The van der Waals surface area contributed by atoms with Crippen LogP contribution in [0.1, 0.15) is 91.5 Å². The number of nitrogens with two attached hydrogens (primary N) is 1. The average molecular weight is 614 g/mol. The van der Waals surface area contributed by atoms with Crippen LogP contribution in [0.4, 0.5) is 15.3 Å². The number of carbonyl (C=O) groups excluding carboxylic acids is 3. The van der Waals surface area contributed by atoms with Crippen LogP contribution >= 0.6 is 0 Å². The first-order valence-corrected chi connectivity index (χ1v) is 13.6. The lowest BCUT2D eigenvalue weighted by molar-refractivity contribution is -0.386. The first-order chi connectivity index (χ1) is 19.9. The minimum atomic E-state index is -1.21. The molecule has 0 heterocycles. The second-order valence-corrected chi connectivity index (χ2v) is 13.2. The summed E-state index contributed by atoms with van der Waals surface area (Å²) in [5, 5.41) is 20.7. The van der Waals surface area contributed by atoms with Crippen molar-refractivity contribution in [2.45, 2.75) is 90.9 Å². The SMILES string of the molecule is COC(=O)Oc1cc([N+](=O)[O-])c(C(C)(C)C)cc1C(C)(C)C(N)=O.COC(=O)Oc1ccc(C(C)(C)C)cc1C(C)(C)C#N. The van der Waals surface area contributed by atoms with Crippen LogP contribution in [0.2, 0.25) is 0 Å². The monoisotopic (exact) mass is 613 g/mol. The molecule has 0 atom stereocenters. The Kier molecular flexibility index (Phi) is 11.7. The highest BCUT2D eigenvalue weighted by Gasteiger charge is 2.36. The fraction of sp³-hybridized carbons (Fsp3) is 0.500. The van der Waals surface area contributed by atoms with Crippen LogP contribution in [0.3, 0.4) is 0 Å². The van der Waals surface area contributed by atoms with Crippen LogP contribution in [0.15, 0.2) is 30.3 Å². The van der Waals surface area contributed by atoms with Crippen LogP contribution in [-0.2, 0) is 35.9 Å². The summed E-state index contributed by atoms with van der Waals surface area (Å²) in [6.07, 6.45) is -1.84. The summed E-state index contributed by atoms with van der Waals surface area (Å²) >= 11 is 0. The third-order valence-electron chi connectivity index (χ3n) is 6.91. The van der Waals surface area contributed by atoms with Gasteiger partial charge in [0.05, 0.1) is 42.1 Å². The van der Waals surface area contributed by atoms with Crippen molar-refractivity contribution in [3.63, 3.8) is 0 Å². The van der Waals surface area contributed by atoms with Crippen LogP contribution in [-0.4, -0.2) is 37.4 Å². The number of hydrogen-bond acceptors (Lipinski definition) is 10. The van der Waals surface area contributed by atoms with Gasteiger partial charge in [-0.2, -0.15) is 5.26 Å². The lowest BCUT2D eigenvalue weighted by atomic mass is 9.78. The molecule has 0 bridgehead atoms. The third-order valence-corrected chi connectivity index (χ3v) is 6.91. The van der Waals surface area contributed by atoms with E-state index >= 15 is 0 Å². The number of hydrogen-bond donors (Lipinski definition) is 1. The standard InChI is InChI=1S/C16H22N2O6.C16H21NO3/c1-15(2,3)9-7-10(16(4,5)13(17)19)12(24-14(20)23-6)8-11(9)18(21)22;1-15(2,3)11-7-8-13(20-14(18)19-6)12(9-11)16(4,5)10-17/h7-8H,1-6H3,(H2,17,19);7-9H,1-6H3. The maximum atomic E-state index is 11.8. The molecule has 0 aromatic heterocycles. The molecule has 0 fully saturated rings. The number of benzene rings is 2. The summed E-state index contributed by atoms with van der Waals surface area (Å²) in [5.41, 5.74) is 5.06. The van der Waals surface area contributed by atoms with Gasteiger partial charge in [-0.05, 0) is 62.3 Å². The number of nitrogens with zero attached hydrogens (tertiary/aromatic N) is 2. The topological polar surface area (TPSA) is 181 Å². The number of rotatable bonds is 6. The fourth-order valence-corrected chi connectivity index (χ4v) is 3.92. The van der Waals surface area contributed by atoms with Crippen LogP contribution < -0.4 is 15.2 Å². The number of primary amides is 1. The van der Waals surface area contributed by atoms with E-state index in [9.17, 15) is 29.8 Å². The largest absolute Gasteiger partial charge is 0.513 e. The molecule has 44 heavy (non-hydrogen) atoms. The molecule has 12 heteroatoms. The molecule has 1 amide bonds. The number of nitro groups is 1. The summed E-state index contributed by atoms with van der Waals surface area (Å²) in [5.74, 6) is -0.437. The molecule has 0 unspecified atom stereocenters. The normalized spacial score (nSPS) is 11.7. The van der Waals surface area contributed by atoms with Crippen molar-refractivity contribution < 1.29 is 38.3 Å². The van der Waals surface area contributed by atoms with Gasteiger partial charge in [-0.15, -0.1) is 0 Å². The van der Waals surface area contributed by atoms with Gasteiger partial charge in [-0.1, -0.05) is 47.6 Å². The van der Waals surface area contributed by atoms with E-state index in [1.54, 1.807) is 54.5 Å². The molecule has 240 valence electrons. The van der Waals surface area contributed by atoms with Crippen LogP contribution in [0.5, 0.6) is 11.5 Å². The Morgan fingerprint density at radius 2 is 1.27 bits per heavy atom. The molecule has 2 N–H and O–H groups in total. The van der Waals surface area contributed by atoms with Gasteiger partial charge in [0.15, 0.2) is 0 Å². The molecule has 0 saturated carbocycles. The van der Waals surface area contributed by atoms with E-state index in [4.69, 9.17) is 15.2 Å². The predicted molar refractivity (Wildman–Crippen MR) is 164 cm³/mol. The maximum absolute atomic E-state index is 11.8. The Balaban J connectivity index is 0.000000447. The Morgan fingerprint density at radius 1 is 0.773 bits per heavy atom.